The van der Waals surface area contributed by atoms with Crippen LogP contribution in [-0.2, 0) is 0 Å². The predicted molar refractivity (Wildman–Crippen MR) is 49.7 cm³/mol. The quantitative estimate of drug-likeness (QED) is 0.746. The van der Waals surface area contributed by atoms with Gasteiger partial charge in [-0.05, 0) is 6.07 Å². The summed E-state index contributed by atoms with van der Waals surface area (Å²) in [6.45, 7) is 1.96. The van der Waals surface area contributed by atoms with E-state index in [-0.39, 0.29) is 25.1 Å². The number of phenols is 1. The molecule has 0 aromatic heterocycles. The number of hydrogen-bond acceptors (Lipinski definition) is 4. The summed E-state index contributed by atoms with van der Waals surface area (Å²) in [4.78, 5) is 0. The van der Waals surface area contributed by atoms with Gasteiger partial charge in [0.2, 0.25) is 12.5 Å². The van der Waals surface area contributed by atoms with E-state index in [9.17, 15) is 5.11 Å². The Balaban J connectivity index is 2.44. The summed E-state index contributed by atoms with van der Waals surface area (Å²) in [7, 11) is 0. The largest absolute Gasteiger partial charge is 0.504 e. The fraction of sp³-hybridized carbons (Fsp3) is 0.400. The van der Waals surface area contributed by atoms with Gasteiger partial charge < -0.3 is 19.7 Å². The number of benzene rings is 1. The molecular formula is C10H12O4. The van der Waals surface area contributed by atoms with Gasteiger partial charge in [0, 0.05) is 18.1 Å². The van der Waals surface area contributed by atoms with Crippen molar-refractivity contribution in [1.82, 2.24) is 0 Å². The molecule has 0 radical (unpaired) electrons. The number of aromatic hydroxyl groups is 1. The molecule has 1 aliphatic heterocycles. The molecule has 1 heterocycles. The number of aliphatic hydroxyl groups excluding tert-OH is 1. The Labute approximate surface area is 81.7 Å². The summed E-state index contributed by atoms with van der Waals surface area (Å²) in [6, 6.07) is 3.48. The van der Waals surface area contributed by atoms with E-state index < -0.39 is 0 Å². The highest BCUT2D eigenvalue weighted by atomic mass is 16.7. The Hall–Kier alpha value is -1.42. The molecule has 0 amide bonds. The molecule has 1 unspecified atom stereocenters. The Morgan fingerprint density at radius 3 is 2.93 bits per heavy atom. The maximum Gasteiger partial charge on any atom is 0.231 e. The van der Waals surface area contributed by atoms with Crippen LogP contribution in [0.1, 0.15) is 18.4 Å². The van der Waals surface area contributed by atoms with Gasteiger partial charge in [0.25, 0.3) is 0 Å². The van der Waals surface area contributed by atoms with Gasteiger partial charge in [0.15, 0.2) is 11.5 Å². The fourth-order valence-electron chi connectivity index (χ4n) is 1.47. The zero-order chi connectivity index (χ0) is 10.1. The maximum absolute atomic E-state index is 9.80. The molecule has 2 rings (SSSR count). The number of rotatable bonds is 2. The van der Waals surface area contributed by atoms with Gasteiger partial charge in [-0.25, -0.2) is 0 Å². The van der Waals surface area contributed by atoms with E-state index >= 15 is 0 Å². The van der Waals surface area contributed by atoms with E-state index in [0.717, 1.165) is 0 Å². The van der Waals surface area contributed by atoms with Crippen molar-refractivity contribution < 1.29 is 19.7 Å². The highest BCUT2D eigenvalue weighted by Gasteiger charge is 2.22. The van der Waals surface area contributed by atoms with Crippen LogP contribution in [0.3, 0.4) is 0 Å². The van der Waals surface area contributed by atoms with Crippen molar-refractivity contribution in [1.29, 1.82) is 0 Å². The average Bonchev–Trinajstić information content (AvgIpc) is 2.66. The first-order valence-electron chi connectivity index (χ1n) is 4.46. The van der Waals surface area contributed by atoms with E-state index in [2.05, 4.69) is 0 Å². The molecule has 76 valence electrons. The third kappa shape index (κ3) is 1.28. The van der Waals surface area contributed by atoms with Crippen LogP contribution in [0.4, 0.5) is 0 Å². The Morgan fingerprint density at radius 1 is 1.43 bits per heavy atom. The normalized spacial score (nSPS) is 15.6. The lowest BCUT2D eigenvalue weighted by atomic mass is 10.0. The van der Waals surface area contributed by atoms with Gasteiger partial charge in [0.1, 0.15) is 0 Å². The summed E-state index contributed by atoms with van der Waals surface area (Å²) in [5, 5.41) is 18.8. The summed E-state index contributed by atoms with van der Waals surface area (Å²) < 4.78 is 10.2. The van der Waals surface area contributed by atoms with E-state index in [0.29, 0.717) is 17.1 Å². The minimum absolute atomic E-state index is 0.00674. The molecule has 14 heavy (non-hydrogen) atoms. The molecule has 0 saturated carbocycles. The van der Waals surface area contributed by atoms with E-state index in [1.165, 1.54) is 0 Å². The molecule has 0 spiro atoms. The Morgan fingerprint density at radius 2 is 2.21 bits per heavy atom. The summed E-state index contributed by atoms with van der Waals surface area (Å²) in [5.74, 6) is 0.894. The molecular weight excluding hydrogens is 184 g/mol. The number of ether oxygens (including phenoxy) is 2. The highest BCUT2D eigenvalue weighted by molar-refractivity contribution is 5.56. The van der Waals surface area contributed by atoms with Crippen LogP contribution in [-0.4, -0.2) is 23.6 Å². The topological polar surface area (TPSA) is 58.9 Å². The van der Waals surface area contributed by atoms with Crippen molar-refractivity contribution in [3.63, 3.8) is 0 Å². The Bertz CT molecular complexity index is 348. The zero-order valence-corrected chi connectivity index (χ0v) is 7.86. The monoisotopic (exact) mass is 196 g/mol. The maximum atomic E-state index is 9.80. The van der Waals surface area contributed by atoms with Crippen LogP contribution in [0.15, 0.2) is 12.1 Å². The minimum Gasteiger partial charge on any atom is -0.504 e. The second-order valence-electron chi connectivity index (χ2n) is 3.32. The second-order valence-corrected chi connectivity index (χ2v) is 3.32. The van der Waals surface area contributed by atoms with Crippen LogP contribution >= 0.6 is 0 Å². The van der Waals surface area contributed by atoms with Crippen molar-refractivity contribution in [3.05, 3.63) is 17.7 Å². The standard InChI is InChI=1S/C10H12O4/c1-6(4-11)7-2-3-8-10(9(7)12)14-5-13-8/h2-3,6,11-12H,4-5H2,1H3. The van der Waals surface area contributed by atoms with E-state index in [1.54, 1.807) is 12.1 Å². The molecule has 1 aromatic rings. The van der Waals surface area contributed by atoms with Crippen molar-refractivity contribution in [2.45, 2.75) is 12.8 Å². The third-order valence-corrected chi connectivity index (χ3v) is 2.35. The molecule has 0 fully saturated rings. The second kappa shape index (κ2) is 3.38. The van der Waals surface area contributed by atoms with Gasteiger partial charge >= 0.3 is 0 Å². The number of aliphatic hydroxyl groups is 1. The first-order valence-corrected chi connectivity index (χ1v) is 4.46. The first-order chi connectivity index (χ1) is 6.74. The van der Waals surface area contributed by atoms with Gasteiger partial charge in [-0.15, -0.1) is 0 Å². The van der Waals surface area contributed by atoms with Gasteiger partial charge in [-0.2, -0.15) is 0 Å². The van der Waals surface area contributed by atoms with E-state index in [4.69, 9.17) is 14.6 Å². The predicted octanol–water partition coefficient (Wildman–Crippen LogP) is 1.22. The molecule has 0 bridgehead atoms. The van der Waals surface area contributed by atoms with Crippen molar-refractivity contribution in [2.75, 3.05) is 13.4 Å². The summed E-state index contributed by atoms with van der Waals surface area (Å²) in [6.07, 6.45) is 0. The number of phenolic OH excluding ortho intramolecular Hbond substituents is 1. The molecule has 4 heteroatoms. The number of fused-ring (bicyclic) bond motifs is 1. The van der Waals surface area contributed by atoms with E-state index in [1.807, 2.05) is 6.92 Å². The molecule has 1 aromatic carbocycles. The Kier molecular flexibility index (Phi) is 2.21. The molecule has 1 atom stereocenters. The van der Waals surface area contributed by atoms with Crippen LogP contribution in [0.25, 0.3) is 0 Å². The van der Waals surface area contributed by atoms with Crippen LogP contribution in [0.5, 0.6) is 17.2 Å². The highest BCUT2D eigenvalue weighted by Crippen LogP contribution is 2.44. The SMILES string of the molecule is CC(CO)c1ccc2c(c1O)OCO2. The molecule has 0 aliphatic carbocycles. The van der Waals surface area contributed by atoms with Gasteiger partial charge in [-0.3, -0.25) is 0 Å². The summed E-state index contributed by atoms with van der Waals surface area (Å²) in [5.41, 5.74) is 0.678. The zero-order valence-electron chi connectivity index (χ0n) is 7.86. The van der Waals surface area contributed by atoms with Gasteiger partial charge in [0.05, 0.1) is 0 Å². The van der Waals surface area contributed by atoms with Crippen LogP contribution < -0.4 is 9.47 Å². The van der Waals surface area contributed by atoms with Crippen LogP contribution in [0.2, 0.25) is 0 Å². The third-order valence-electron chi connectivity index (χ3n) is 2.35. The molecule has 0 saturated heterocycles. The lowest BCUT2D eigenvalue weighted by Crippen LogP contribution is -1.99. The van der Waals surface area contributed by atoms with Crippen molar-refractivity contribution in [3.8, 4) is 17.2 Å². The van der Waals surface area contributed by atoms with Gasteiger partial charge in [-0.1, -0.05) is 13.0 Å². The molecule has 2 N–H and O–H groups in total. The molecule has 4 nitrogen and oxygen atoms in total. The van der Waals surface area contributed by atoms with Crippen molar-refractivity contribution >= 4 is 0 Å². The first kappa shape index (κ1) is 9.15. The summed E-state index contributed by atoms with van der Waals surface area (Å²) >= 11 is 0. The minimum atomic E-state index is -0.107. The average molecular weight is 196 g/mol. The van der Waals surface area contributed by atoms with Crippen LogP contribution in [0, 0.1) is 0 Å². The van der Waals surface area contributed by atoms with Crippen molar-refractivity contribution in [2.24, 2.45) is 0 Å². The lowest BCUT2D eigenvalue weighted by molar-refractivity contribution is 0.171. The number of hydrogen-bond donors (Lipinski definition) is 2. The smallest absolute Gasteiger partial charge is 0.231 e. The lowest BCUT2D eigenvalue weighted by Gasteiger charge is -2.11. The fourth-order valence-corrected chi connectivity index (χ4v) is 1.47. The molecule has 1 aliphatic rings.